The van der Waals surface area contributed by atoms with Gasteiger partial charge in [0.05, 0.1) is 0 Å². The summed E-state index contributed by atoms with van der Waals surface area (Å²) in [5.41, 5.74) is 0.359. The van der Waals surface area contributed by atoms with Gasteiger partial charge in [0, 0.05) is 37.8 Å². The lowest BCUT2D eigenvalue weighted by molar-refractivity contribution is -0.166. The highest BCUT2D eigenvalue weighted by Gasteiger charge is 2.56. The van der Waals surface area contributed by atoms with Crippen LogP contribution in [0.2, 0.25) is 0 Å². The summed E-state index contributed by atoms with van der Waals surface area (Å²) in [5, 5.41) is 3.38. The fourth-order valence-electron chi connectivity index (χ4n) is 3.42. The van der Waals surface area contributed by atoms with Gasteiger partial charge in [0.2, 0.25) is 0 Å². The average molecular weight is 288 g/mol. The maximum Gasteiger partial charge on any atom is 0.316 e. The van der Waals surface area contributed by atoms with E-state index in [4.69, 9.17) is 4.74 Å². The van der Waals surface area contributed by atoms with Gasteiger partial charge in [-0.2, -0.15) is 0 Å². The molecule has 0 aromatic heterocycles. The van der Waals surface area contributed by atoms with Crippen LogP contribution in [-0.4, -0.2) is 37.7 Å². The van der Waals surface area contributed by atoms with E-state index in [1.807, 2.05) is 39.0 Å². The molecule has 0 bridgehead atoms. The molecule has 0 aliphatic carbocycles. The van der Waals surface area contributed by atoms with Gasteiger partial charge >= 0.3 is 5.97 Å². The number of carbonyl (C=O) groups is 1. The SMILES string of the molecule is CC(C)(C)OC(=O)C12CNCC1CN(c1ccccc1)C2. The van der Waals surface area contributed by atoms with E-state index in [9.17, 15) is 4.79 Å². The summed E-state index contributed by atoms with van der Waals surface area (Å²) in [5.74, 6) is 0.274. The minimum Gasteiger partial charge on any atom is -0.459 e. The van der Waals surface area contributed by atoms with Gasteiger partial charge in [-0.3, -0.25) is 4.79 Å². The van der Waals surface area contributed by atoms with Crippen LogP contribution in [0.25, 0.3) is 0 Å². The first-order valence-electron chi connectivity index (χ1n) is 7.65. The monoisotopic (exact) mass is 288 g/mol. The summed E-state index contributed by atoms with van der Waals surface area (Å²) in [6.07, 6.45) is 0. The first-order chi connectivity index (χ1) is 9.91. The molecule has 0 amide bonds. The van der Waals surface area contributed by atoms with Crippen LogP contribution in [0.3, 0.4) is 0 Å². The number of nitrogens with zero attached hydrogens (tertiary/aromatic N) is 1. The van der Waals surface area contributed by atoms with Crippen molar-refractivity contribution in [1.29, 1.82) is 0 Å². The molecule has 2 aliphatic heterocycles. The lowest BCUT2D eigenvalue weighted by atomic mass is 9.81. The second-order valence-electron chi connectivity index (χ2n) is 7.20. The van der Waals surface area contributed by atoms with Crippen LogP contribution in [0.1, 0.15) is 20.8 Å². The molecule has 1 aromatic rings. The topological polar surface area (TPSA) is 41.6 Å². The van der Waals surface area contributed by atoms with Gasteiger partial charge in [0.15, 0.2) is 0 Å². The highest BCUT2D eigenvalue weighted by molar-refractivity contribution is 5.80. The van der Waals surface area contributed by atoms with Crippen molar-refractivity contribution < 1.29 is 9.53 Å². The number of benzene rings is 1. The second-order valence-corrected chi connectivity index (χ2v) is 7.20. The molecule has 2 fully saturated rings. The van der Waals surface area contributed by atoms with Crippen LogP contribution in [0.5, 0.6) is 0 Å². The number of ether oxygens (including phenoxy) is 1. The van der Waals surface area contributed by atoms with E-state index in [1.54, 1.807) is 0 Å². The fraction of sp³-hybridized carbons (Fsp3) is 0.588. The molecule has 2 atom stereocenters. The molecule has 21 heavy (non-hydrogen) atoms. The maximum atomic E-state index is 12.8. The number of hydrogen-bond donors (Lipinski definition) is 1. The standard InChI is InChI=1S/C17H24N2O2/c1-16(2,3)21-15(20)17-11-18-9-13(17)10-19(12-17)14-7-5-4-6-8-14/h4-8,13,18H,9-12H2,1-3H3. The zero-order valence-electron chi connectivity index (χ0n) is 13.1. The van der Waals surface area contributed by atoms with E-state index < -0.39 is 11.0 Å². The van der Waals surface area contributed by atoms with E-state index >= 15 is 0 Å². The zero-order chi connectivity index (χ0) is 15.1. The molecule has 2 unspecified atom stereocenters. The summed E-state index contributed by atoms with van der Waals surface area (Å²) in [6, 6.07) is 10.3. The molecule has 2 heterocycles. The van der Waals surface area contributed by atoms with Crippen molar-refractivity contribution in [1.82, 2.24) is 5.32 Å². The molecule has 0 radical (unpaired) electrons. The molecule has 114 valence electrons. The Morgan fingerprint density at radius 1 is 1.33 bits per heavy atom. The molecule has 1 aromatic carbocycles. The Balaban J connectivity index is 1.82. The predicted octanol–water partition coefficient (Wildman–Crippen LogP) is 2.05. The number of anilines is 1. The van der Waals surface area contributed by atoms with Crippen molar-refractivity contribution in [2.75, 3.05) is 31.1 Å². The zero-order valence-corrected chi connectivity index (χ0v) is 13.1. The van der Waals surface area contributed by atoms with E-state index in [2.05, 4.69) is 22.3 Å². The first kappa shape index (κ1) is 14.4. The number of nitrogens with one attached hydrogen (secondary N) is 1. The highest BCUT2D eigenvalue weighted by Crippen LogP contribution is 2.42. The van der Waals surface area contributed by atoms with Crippen molar-refractivity contribution in [3.63, 3.8) is 0 Å². The number of esters is 1. The first-order valence-corrected chi connectivity index (χ1v) is 7.65. The third-order valence-electron chi connectivity index (χ3n) is 4.45. The van der Waals surface area contributed by atoms with Crippen LogP contribution < -0.4 is 10.2 Å². The second kappa shape index (κ2) is 5.02. The number of rotatable bonds is 2. The van der Waals surface area contributed by atoms with Crippen LogP contribution >= 0.6 is 0 Å². The van der Waals surface area contributed by atoms with Crippen LogP contribution in [0, 0.1) is 11.3 Å². The Labute approximate surface area is 126 Å². The molecule has 0 saturated carbocycles. The summed E-state index contributed by atoms with van der Waals surface area (Å²) in [4.78, 5) is 15.1. The van der Waals surface area contributed by atoms with Crippen molar-refractivity contribution in [3.8, 4) is 0 Å². The molecule has 4 nitrogen and oxygen atoms in total. The Kier molecular flexibility index (Phi) is 3.44. The molecule has 2 saturated heterocycles. The quantitative estimate of drug-likeness (QED) is 0.846. The van der Waals surface area contributed by atoms with Crippen molar-refractivity contribution >= 4 is 11.7 Å². The average Bonchev–Trinajstić information content (AvgIpc) is 2.95. The smallest absolute Gasteiger partial charge is 0.316 e. The maximum absolute atomic E-state index is 12.8. The van der Waals surface area contributed by atoms with Gasteiger partial charge < -0.3 is 15.0 Å². The molecule has 2 aliphatic rings. The van der Waals surface area contributed by atoms with Gasteiger partial charge in [0.1, 0.15) is 11.0 Å². The van der Waals surface area contributed by atoms with Crippen molar-refractivity contribution in [2.45, 2.75) is 26.4 Å². The normalized spacial score (nSPS) is 28.5. The number of para-hydroxylation sites is 1. The van der Waals surface area contributed by atoms with Gasteiger partial charge in [-0.25, -0.2) is 0 Å². The Bertz CT molecular complexity index is 523. The van der Waals surface area contributed by atoms with Gasteiger partial charge in [-0.15, -0.1) is 0 Å². The molecular weight excluding hydrogens is 264 g/mol. The number of fused-ring (bicyclic) bond motifs is 1. The minimum atomic E-state index is -0.431. The molecular formula is C17H24N2O2. The third kappa shape index (κ3) is 2.64. The van der Waals surface area contributed by atoms with Crippen LogP contribution in [0.4, 0.5) is 5.69 Å². The summed E-state index contributed by atoms with van der Waals surface area (Å²) >= 11 is 0. The molecule has 1 N–H and O–H groups in total. The van der Waals surface area contributed by atoms with E-state index in [-0.39, 0.29) is 5.97 Å². The Morgan fingerprint density at radius 3 is 2.71 bits per heavy atom. The van der Waals surface area contributed by atoms with Gasteiger partial charge in [0.25, 0.3) is 0 Å². The molecule has 0 spiro atoms. The Morgan fingerprint density at radius 2 is 2.05 bits per heavy atom. The summed E-state index contributed by atoms with van der Waals surface area (Å²) in [7, 11) is 0. The molecule has 3 rings (SSSR count). The fourth-order valence-corrected chi connectivity index (χ4v) is 3.42. The van der Waals surface area contributed by atoms with Crippen LogP contribution in [0.15, 0.2) is 30.3 Å². The number of carbonyl (C=O) groups excluding carboxylic acids is 1. The summed E-state index contributed by atoms with van der Waals surface area (Å²) in [6.45, 7) is 9.06. The Hall–Kier alpha value is -1.55. The summed E-state index contributed by atoms with van der Waals surface area (Å²) < 4.78 is 5.70. The lowest BCUT2D eigenvalue weighted by Gasteiger charge is -2.30. The van der Waals surface area contributed by atoms with Crippen molar-refractivity contribution in [2.24, 2.45) is 11.3 Å². The van der Waals surface area contributed by atoms with Crippen molar-refractivity contribution in [3.05, 3.63) is 30.3 Å². The van der Waals surface area contributed by atoms with Gasteiger partial charge in [-0.05, 0) is 32.9 Å². The minimum absolute atomic E-state index is 0.0524. The van der Waals surface area contributed by atoms with E-state index in [0.717, 1.165) is 26.2 Å². The van der Waals surface area contributed by atoms with Crippen LogP contribution in [-0.2, 0) is 9.53 Å². The lowest BCUT2D eigenvalue weighted by Crippen LogP contribution is -2.44. The predicted molar refractivity (Wildman–Crippen MR) is 83.3 cm³/mol. The third-order valence-corrected chi connectivity index (χ3v) is 4.45. The van der Waals surface area contributed by atoms with E-state index in [1.165, 1.54) is 5.69 Å². The van der Waals surface area contributed by atoms with Gasteiger partial charge in [-0.1, -0.05) is 18.2 Å². The highest BCUT2D eigenvalue weighted by atomic mass is 16.6. The van der Waals surface area contributed by atoms with E-state index in [0.29, 0.717) is 5.92 Å². The largest absolute Gasteiger partial charge is 0.459 e. The number of hydrogen-bond acceptors (Lipinski definition) is 4. The molecule has 4 heteroatoms.